The third-order valence-electron chi connectivity index (χ3n) is 20.8. The summed E-state index contributed by atoms with van der Waals surface area (Å²) < 4.78 is 0. The summed E-state index contributed by atoms with van der Waals surface area (Å²) in [6.07, 6.45) is 77.4. The molecule has 9 heteroatoms. The Kier molecular flexibility index (Phi) is 24.5. The molecule has 15 aliphatic rings. The Labute approximate surface area is 677 Å². The Morgan fingerprint density at radius 3 is 0.727 bits per heavy atom. The predicted octanol–water partition coefficient (Wildman–Crippen LogP) is 11.1. The van der Waals surface area contributed by atoms with Crippen LogP contribution < -0.4 is 64.7 Å². The van der Waals surface area contributed by atoms with Crippen molar-refractivity contribution in [1.29, 1.82) is 0 Å². The fraction of sp³-hybridized carbons (Fsp3) is 0.200. The number of aryl methyl sites for hydroxylation is 3. The Bertz CT molecular complexity index is 4390. The van der Waals surface area contributed by atoms with Crippen molar-refractivity contribution >= 4 is 37.7 Å². The number of benzene rings is 6. The Hall–Kier alpha value is -4.15. The topological polar surface area (TPSA) is 0 Å². The fourth-order valence-electron chi connectivity index (χ4n) is 16.5. The molecule has 0 nitrogen and oxygen atoms in total. The summed E-state index contributed by atoms with van der Waals surface area (Å²) in [4.78, 5) is 0. The second-order valence-electron chi connectivity index (χ2n) is 28.7. The zero-order chi connectivity index (χ0) is 63.5. The van der Waals surface area contributed by atoms with Crippen LogP contribution in [0.2, 0.25) is 0 Å². The average Bonchev–Trinajstić information content (AvgIpc) is 1.67. The average molecular weight is 1990 g/mol. The van der Waals surface area contributed by atoms with Crippen molar-refractivity contribution in [3.63, 3.8) is 0 Å². The third-order valence-corrected chi connectivity index (χ3v) is 29.4. The first-order valence-electron chi connectivity index (χ1n) is 33.3. The van der Waals surface area contributed by atoms with Gasteiger partial charge in [-0.1, -0.05) is 144 Å². The number of halogens is 3. The molecule has 492 valence electrons. The molecule has 0 bridgehead atoms. The third kappa shape index (κ3) is 14.6. The molecule has 6 aromatic carbocycles. The predicted molar refractivity (Wildman–Crippen MR) is 400 cm³/mol. The van der Waals surface area contributed by atoms with Crippen LogP contribution in [0.25, 0.3) is 0 Å². The summed E-state index contributed by atoms with van der Waals surface area (Å²) >= 11 is 0. The second-order valence-corrected chi connectivity index (χ2v) is 41.1. The van der Waals surface area contributed by atoms with Crippen molar-refractivity contribution in [2.24, 2.45) is 0 Å². The van der Waals surface area contributed by atoms with Crippen LogP contribution in [0.3, 0.4) is 0 Å². The molecule has 0 amide bonds. The van der Waals surface area contributed by atoms with Crippen LogP contribution in [0.4, 0.5) is 0 Å². The molecule has 0 aromatic heterocycles. The standard InChI is InChI=1S/3C16H15P.3C14H11.2ClH.3Hf.HI/c3*1-17(2)10-12-7-8-14-13-6-4-3-5-11(13)9-15(14)16(12)17;3*1-10-6-7-14-12(8-10)9-11-4-2-3-5-13(11)14;;;;;;/h3*3-8,13H,10H2,1-2H3;3*2-8,13H,1H3;2*1H;;;;1H/q;;;3*-1;;;;;;/p-3. The van der Waals surface area contributed by atoms with E-state index >= 15 is 0 Å². The van der Waals surface area contributed by atoms with Gasteiger partial charge >= 0.3 is 0 Å². The van der Waals surface area contributed by atoms with Gasteiger partial charge in [-0.3, -0.25) is 0 Å². The Morgan fingerprint density at radius 1 is 0.283 bits per heavy atom. The molecule has 12 aliphatic carbocycles. The summed E-state index contributed by atoms with van der Waals surface area (Å²) in [5.41, 5.74) is 33.3. The van der Waals surface area contributed by atoms with E-state index in [1.165, 1.54) is 135 Å². The van der Waals surface area contributed by atoms with Gasteiger partial charge in [0.2, 0.25) is 0 Å². The Balaban J connectivity index is 0.000000127. The number of fused-ring (bicyclic) bond motifs is 24. The van der Waals surface area contributed by atoms with Crippen LogP contribution in [-0.2, 0) is 96.0 Å². The van der Waals surface area contributed by atoms with Gasteiger partial charge in [-0.25, -0.2) is 0 Å². The van der Waals surface area contributed by atoms with E-state index in [4.69, 9.17) is 0 Å². The Morgan fingerprint density at radius 2 is 0.495 bits per heavy atom. The van der Waals surface area contributed by atoms with Gasteiger partial charge in [-0.2, -0.15) is 0 Å². The first-order chi connectivity index (χ1) is 45.0. The smallest absolute Gasteiger partial charge is 0.0762 e. The van der Waals surface area contributed by atoms with Gasteiger partial charge in [0.1, 0.15) is 0 Å². The largest absolute Gasteiger partial charge is 1.00 e. The van der Waals surface area contributed by atoms with Gasteiger partial charge in [0.05, 0.1) is 18.5 Å². The van der Waals surface area contributed by atoms with Crippen LogP contribution in [0.1, 0.15) is 136 Å². The number of allylic oxidation sites excluding steroid dienone is 30. The maximum absolute atomic E-state index is 3.66. The molecule has 6 atom stereocenters. The zero-order valence-electron chi connectivity index (χ0n) is 57.6. The number of rotatable bonds is 0. The summed E-state index contributed by atoms with van der Waals surface area (Å²) in [5, 5.41) is 4.95. The summed E-state index contributed by atoms with van der Waals surface area (Å²) in [6.45, 7) is 21.1. The molecule has 6 unspecified atom stereocenters. The van der Waals surface area contributed by atoms with Crippen molar-refractivity contribution < 1.29 is 126 Å². The van der Waals surface area contributed by atoms with E-state index in [0.717, 1.165) is 0 Å². The second kappa shape index (κ2) is 31.3. The van der Waals surface area contributed by atoms with Gasteiger partial charge in [-0.05, 0) is 73.0 Å². The van der Waals surface area contributed by atoms with Crippen molar-refractivity contribution in [2.75, 3.05) is 40.0 Å². The molecule has 0 saturated heterocycles. The normalized spacial score (nSPS) is 22.5. The summed E-state index contributed by atoms with van der Waals surface area (Å²) in [6, 6.07) is 33.8. The maximum atomic E-state index is 3.66. The molecule has 3 aliphatic heterocycles. The monoisotopic (exact) mass is 1990 g/mol. The van der Waals surface area contributed by atoms with E-state index in [2.05, 4.69) is 334 Å². The van der Waals surface area contributed by atoms with Gasteiger partial charge in [0.15, 0.2) is 0 Å². The van der Waals surface area contributed by atoms with Crippen LogP contribution in [-0.4, -0.2) is 40.0 Å². The quantitative estimate of drug-likeness (QED) is 0.0615. The minimum absolute atomic E-state index is 0. The van der Waals surface area contributed by atoms with E-state index in [0.29, 0.717) is 35.5 Å². The van der Waals surface area contributed by atoms with Crippen molar-refractivity contribution in [2.45, 2.75) is 74.8 Å². The molecule has 21 rings (SSSR count). The van der Waals surface area contributed by atoms with Crippen molar-refractivity contribution in [3.8, 4) is 0 Å². The molecule has 99 heavy (non-hydrogen) atoms. The van der Waals surface area contributed by atoms with Crippen LogP contribution in [0.15, 0.2) is 270 Å². The van der Waals surface area contributed by atoms with Crippen LogP contribution in [0.5, 0.6) is 0 Å². The molecule has 0 fully saturated rings. The first-order valence-corrected chi connectivity index (χ1v) is 41.9. The zero-order valence-corrected chi connectivity index (χ0v) is 74.7. The summed E-state index contributed by atoms with van der Waals surface area (Å²) in [7, 11) is -2.47. The maximum Gasteiger partial charge on any atom is 0.0762 e. The van der Waals surface area contributed by atoms with Crippen LogP contribution >= 0.6 is 21.8 Å². The van der Waals surface area contributed by atoms with Crippen LogP contribution in [0, 0.1) is 57.2 Å². The van der Waals surface area contributed by atoms with Gasteiger partial charge in [-0.15, -0.1) is 246 Å². The van der Waals surface area contributed by atoms with Gasteiger partial charge in [0.25, 0.3) is 0 Å². The molecular formula is C90H78Cl2Hf3IP3-6. The number of hydrogen-bond acceptors (Lipinski definition) is 0. The molecular weight excluding hydrogens is 1910 g/mol. The van der Waals surface area contributed by atoms with E-state index in [-0.39, 0.29) is 126 Å². The molecule has 0 saturated carbocycles. The minimum Gasteiger partial charge on any atom is -1.00 e. The first kappa shape index (κ1) is 77.5. The van der Waals surface area contributed by atoms with Gasteiger partial charge in [0, 0.05) is 155 Å². The van der Waals surface area contributed by atoms with E-state index in [1.807, 2.05) is 0 Å². The van der Waals surface area contributed by atoms with Crippen molar-refractivity contribution in [3.05, 3.63) is 407 Å². The molecule has 0 spiro atoms. The SMILES string of the molecule is C[P+]1(C)Cc2ccc3c(c21)[C-]=C1C=CC=CC13.C[P+]1(C)Cc2ccc3c(c21)[C-]=C1C=CC=CC13.C[P+]1(C)Cc2ccc3c(c21)[C-]=C1C=CC=CC13.Cc1ccc2c(c1)[C-]=C1C=CC=CC12.Cc1ccc2c(c1)[C-]=C1C=CC=CC12.Cc1ccc2c(c1)[C-]=C1C=CC=CC12.[Cl-].[Cl-].[Hf].[Hf].[Hf].[I-]. The van der Waals surface area contributed by atoms with Gasteiger partial charge < -0.3 is 48.8 Å². The molecule has 6 aromatic rings. The minimum atomic E-state index is -0.825. The van der Waals surface area contributed by atoms with Crippen molar-refractivity contribution in [1.82, 2.24) is 0 Å². The number of hydrogen-bond donors (Lipinski definition) is 0. The molecule has 0 radical (unpaired) electrons. The fourth-order valence-corrected chi connectivity index (χ4v) is 24.6. The molecule has 0 N–H and O–H groups in total. The van der Waals surface area contributed by atoms with E-state index in [9.17, 15) is 0 Å². The summed E-state index contributed by atoms with van der Waals surface area (Å²) in [5.74, 6) is 2.78. The molecule has 3 heterocycles. The van der Waals surface area contributed by atoms with E-state index in [1.54, 1.807) is 32.6 Å². The van der Waals surface area contributed by atoms with E-state index < -0.39 is 21.8 Å².